The molecule has 1 fully saturated rings. The van der Waals surface area contributed by atoms with E-state index in [2.05, 4.69) is 48.3 Å². The van der Waals surface area contributed by atoms with E-state index >= 15 is 0 Å². The molecular weight excluding hydrogens is 224 g/mol. The Balaban J connectivity index is 2.12. The van der Waals surface area contributed by atoms with Crippen molar-refractivity contribution in [1.29, 1.82) is 0 Å². The summed E-state index contributed by atoms with van der Waals surface area (Å²) in [6.07, 6.45) is 1.13. The fourth-order valence-electron chi connectivity index (χ4n) is 2.45. The number of nitrogens with zero attached hydrogens (tertiary/aromatic N) is 1. The molecule has 1 aliphatic rings. The molecular formula is C15H24N2O. The standard InChI is InChI=1S/C15H24N2O/c1-4-14-11-18-10-9-17(14)15-7-5-13(6-8-15)12(2)16-3/h5-8,12,14,16H,4,9-11H2,1-3H3. The van der Waals surface area contributed by atoms with Gasteiger partial charge in [0.1, 0.15) is 0 Å². The molecule has 1 heterocycles. The zero-order valence-electron chi connectivity index (χ0n) is 11.6. The van der Waals surface area contributed by atoms with E-state index in [0.29, 0.717) is 12.1 Å². The molecule has 1 aromatic rings. The van der Waals surface area contributed by atoms with Crippen LogP contribution in [0.15, 0.2) is 24.3 Å². The Hall–Kier alpha value is -1.06. The van der Waals surface area contributed by atoms with Crippen molar-refractivity contribution in [2.24, 2.45) is 0 Å². The molecule has 1 aliphatic heterocycles. The first kappa shape index (κ1) is 13.4. The Bertz CT molecular complexity index is 363. The lowest BCUT2D eigenvalue weighted by Crippen LogP contribution is -2.45. The molecule has 0 aromatic heterocycles. The number of ether oxygens (including phenoxy) is 1. The summed E-state index contributed by atoms with van der Waals surface area (Å²) >= 11 is 0. The van der Waals surface area contributed by atoms with Gasteiger partial charge in [-0.1, -0.05) is 19.1 Å². The summed E-state index contributed by atoms with van der Waals surface area (Å²) in [7, 11) is 1.99. The maximum absolute atomic E-state index is 5.55. The van der Waals surface area contributed by atoms with E-state index in [1.165, 1.54) is 11.3 Å². The first-order valence-electron chi connectivity index (χ1n) is 6.88. The molecule has 1 saturated heterocycles. The van der Waals surface area contributed by atoms with Gasteiger partial charge in [-0.2, -0.15) is 0 Å². The van der Waals surface area contributed by atoms with Crippen LogP contribution >= 0.6 is 0 Å². The van der Waals surface area contributed by atoms with E-state index in [-0.39, 0.29) is 0 Å². The number of benzene rings is 1. The number of anilines is 1. The lowest BCUT2D eigenvalue weighted by molar-refractivity contribution is 0.0930. The molecule has 1 N–H and O–H groups in total. The van der Waals surface area contributed by atoms with Crippen LogP contribution in [0.2, 0.25) is 0 Å². The third-order valence-electron chi connectivity index (χ3n) is 3.86. The molecule has 0 saturated carbocycles. The summed E-state index contributed by atoms with van der Waals surface area (Å²) in [5, 5.41) is 3.27. The fraction of sp³-hybridized carbons (Fsp3) is 0.600. The second kappa shape index (κ2) is 6.21. The zero-order chi connectivity index (χ0) is 13.0. The van der Waals surface area contributed by atoms with Crippen LogP contribution in [0.1, 0.15) is 31.9 Å². The molecule has 3 nitrogen and oxygen atoms in total. The maximum Gasteiger partial charge on any atom is 0.0670 e. The first-order valence-corrected chi connectivity index (χ1v) is 6.88. The molecule has 2 rings (SSSR count). The Morgan fingerprint density at radius 1 is 1.39 bits per heavy atom. The van der Waals surface area contributed by atoms with E-state index in [1.54, 1.807) is 0 Å². The summed E-state index contributed by atoms with van der Waals surface area (Å²) < 4.78 is 5.55. The van der Waals surface area contributed by atoms with Gasteiger partial charge in [-0.15, -0.1) is 0 Å². The monoisotopic (exact) mass is 248 g/mol. The third-order valence-corrected chi connectivity index (χ3v) is 3.86. The highest BCUT2D eigenvalue weighted by Crippen LogP contribution is 2.23. The molecule has 2 atom stereocenters. The minimum atomic E-state index is 0.408. The highest BCUT2D eigenvalue weighted by atomic mass is 16.5. The summed E-state index contributed by atoms with van der Waals surface area (Å²) in [6, 6.07) is 9.84. The van der Waals surface area contributed by atoms with Crippen molar-refractivity contribution in [3.8, 4) is 0 Å². The van der Waals surface area contributed by atoms with Crippen molar-refractivity contribution in [3.63, 3.8) is 0 Å². The van der Waals surface area contributed by atoms with Crippen molar-refractivity contribution in [2.75, 3.05) is 31.7 Å². The van der Waals surface area contributed by atoms with Gasteiger partial charge in [0, 0.05) is 18.3 Å². The number of morpholine rings is 1. The fourth-order valence-corrected chi connectivity index (χ4v) is 2.45. The highest BCUT2D eigenvalue weighted by Gasteiger charge is 2.21. The molecule has 0 bridgehead atoms. The molecule has 3 heteroatoms. The van der Waals surface area contributed by atoms with E-state index < -0.39 is 0 Å². The molecule has 2 unspecified atom stereocenters. The minimum Gasteiger partial charge on any atom is -0.377 e. The Morgan fingerprint density at radius 2 is 2.11 bits per heavy atom. The second-order valence-corrected chi connectivity index (χ2v) is 4.93. The van der Waals surface area contributed by atoms with Crippen LogP contribution in [0.4, 0.5) is 5.69 Å². The first-order chi connectivity index (χ1) is 8.76. The normalized spacial score (nSPS) is 21.9. The van der Waals surface area contributed by atoms with Crippen LogP contribution < -0.4 is 10.2 Å². The van der Waals surface area contributed by atoms with Gasteiger partial charge in [0.2, 0.25) is 0 Å². The zero-order valence-corrected chi connectivity index (χ0v) is 11.6. The maximum atomic E-state index is 5.55. The lowest BCUT2D eigenvalue weighted by Gasteiger charge is -2.37. The van der Waals surface area contributed by atoms with E-state index in [9.17, 15) is 0 Å². The Morgan fingerprint density at radius 3 is 2.72 bits per heavy atom. The largest absolute Gasteiger partial charge is 0.377 e. The highest BCUT2D eigenvalue weighted by molar-refractivity contribution is 5.49. The van der Waals surface area contributed by atoms with Crippen molar-refractivity contribution >= 4 is 5.69 Å². The van der Waals surface area contributed by atoms with Crippen LogP contribution in [0.5, 0.6) is 0 Å². The van der Waals surface area contributed by atoms with Crippen molar-refractivity contribution in [3.05, 3.63) is 29.8 Å². The van der Waals surface area contributed by atoms with E-state index in [0.717, 1.165) is 26.2 Å². The van der Waals surface area contributed by atoms with Crippen LogP contribution in [0.25, 0.3) is 0 Å². The van der Waals surface area contributed by atoms with Crippen molar-refractivity contribution in [2.45, 2.75) is 32.4 Å². The lowest BCUT2D eigenvalue weighted by atomic mass is 10.1. The molecule has 0 aliphatic carbocycles. The number of rotatable bonds is 4. The molecule has 0 spiro atoms. The van der Waals surface area contributed by atoms with E-state index in [1.807, 2.05) is 7.05 Å². The molecule has 0 amide bonds. The van der Waals surface area contributed by atoms with Gasteiger partial charge in [-0.05, 0) is 38.1 Å². The van der Waals surface area contributed by atoms with Gasteiger partial charge in [0.25, 0.3) is 0 Å². The number of nitrogens with one attached hydrogen (secondary N) is 1. The molecule has 0 radical (unpaired) electrons. The number of hydrogen-bond donors (Lipinski definition) is 1. The molecule has 1 aromatic carbocycles. The molecule has 100 valence electrons. The summed E-state index contributed by atoms with van der Waals surface area (Å²) in [5.74, 6) is 0. The van der Waals surface area contributed by atoms with Gasteiger partial charge in [0.05, 0.1) is 19.3 Å². The van der Waals surface area contributed by atoms with Crippen molar-refractivity contribution < 1.29 is 4.74 Å². The van der Waals surface area contributed by atoms with Gasteiger partial charge < -0.3 is 15.0 Å². The average Bonchev–Trinajstić information content (AvgIpc) is 2.46. The van der Waals surface area contributed by atoms with Gasteiger partial charge >= 0.3 is 0 Å². The number of hydrogen-bond acceptors (Lipinski definition) is 3. The Labute approximate surface area is 110 Å². The smallest absolute Gasteiger partial charge is 0.0670 e. The Kier molecular flexibility index (Phi) is 4.61. The molecule has 18 heavy (non-hydrogen) atoms. The third kappa shape index (κ3) is 2.85. The van der Waals surface area contributed by atoms with Crippen LogP contribution in [-0.2, 0) is 4.74 Å². The topological polar surface area (TPSA) is 24.5 Å². The van der Waals surface area contributed by atoms with Gasteiger partial charge in [-0.25, -0.2) is 0 Å². The van der Waals surface area contributed by atoms with Gasteiger partial charge in [-0.3, -0.25) is 0 Å². The second-order valence-electron chi connectivity index (χ2n) is 4.93. The predicted octanol–water partition coefficient (Wildman–Crippen LogP) is 2.58. The predicted molar refractivity (Wildman–Crippen MR) is 76.2 cm³/mol. The van der Waals surface area contributed by atoms with E-state index in [4.69, 9.17) is 4.74 Å². The van der Waals surface area contributed by atoms with Crippen molar-refractivity contribution in [1.82, 2.24) is 5.32 Å². The minimum absolute atomic E-state index is 0.408. The quantitative estimate of drug-likeness (QED) is 0.886. The van der Waals surface area contributed by atoms with Gasteiger partial charge in [0.15, 0.2) is 0 Å². The SMILES string of the molecule is CCC1COCCN1c1ccc(C(C)NC)cc1. The summed E-state index contributed by atoms with van der Waals surface area (Å²) in [6.45, 7) is 7.10. The van der Waals surface area contributed by atoms with Crippen LogP contribution in [-0.4, -0.2) is 32.8 Å². The summed E-state index contributed by atoms with van der Waals surface area (Å²) in [4.78, 5) is 2.47. The summed E-state index contributed by atoms with van der Waals surface area (Å²) in [5.41, 5.74) is 2.65. The van der Waals surface area contributed by atoms with Crippen LogP contribution in [0, 0.1) is 0 Å². The van der Waals surface area contributed by atoms with Crippen LogP contribution in [0.3, 0.4) is 0 Å². The average molecular weight is 248 g/mol.